The van der Waals surface area contributed by atoms with Crippen molar-refractivity contribution < 1.29 is 50.9 Å². The van der Waals surface area contributed by atoms with Gasteiger partial charge in [-0.1, -0.05) is 0 Å². The van der Waals surface area contributed by atoms with Crippen LogP contribution in [0.5, 0.6) is 0 Å². The van der Waals surface area contributed by atoms with Gasteiger partial charge in [-0.05, 0) is 35.2 Å². The Morgan fingerprint density at radius 1 is 0.973 bits per heavy atom. The summed E-state index contributed by atoms with van der Waals surface area (Å²) in [4.78, 5) is 27.3. The van der Waals surface area contributed by atoms with Crippen LogP contribution in [0, 0.1) is 0 Å². The van der Waals surface area contributed by atoms with Gasteiger partial charge in [-0.25, -0.2) is 14.6 Å². The first-order valence-corrected chi connectivity index (χ1v) is 12.6. The summed E-state index contributed by atoms with van der Waals surface area (Å²) in [6.07, 6.45) is -5.98. The molecule has 208 valence electrons. The summed E-state index contributed by atoms with van der Waals surface area (Å²) < 4.78 is 69.7. The first kappa shape index (κ1) is 31.0. The lowest BCUT2D eigenvalue weighted by molar-refractivity contribution is -0.193. The molecule has 0 aromatic carbocycles. The number of alkyl halides is 6. The van der Waals surface area contributed by atoms with E-state index in [4.69, 9.17) is 24.5 Å². The number of aliphatic carboxylic acids is 2. The molecule has 16 heteroatoms. The number of hydrogen-bond acceptors (Lipinski definition) is 8. The van der Waals surface area contributed by atoms with Crippen molar-refractivity contribution in [1.29, 1.82) is 0 Å². The van der Waals surface area contributed by atoms with Crippen LogP contribution in [0.1, 0.15) is 23.4 Å². The maximum atomic E-state index is 10.6. The van der Waals surface area contributed by atoms with Gasteiger partial charge in [0.15, 0.2) is 0 Å². The van der Waals surface area contributed by atoms with Crippen LogP contribution in [0.3, 0.4) is 0 Å². The lowest BCUT2D eigenvalue weighted by Crippen LogP contribution is -2.56. The molecule has 0 amide bonds. The molecule has 2 saturated heterocycles. The van der Waals surface area contributed by atoms with Gasteiger partial charge in [0.25, 0.3) is 0 Å². The molecule has 0 unspecified atom stereocenters. The van der Waals surface area contributed by atoms with Crippen LogP contribution in [-0.4, -0.2) is 87.7 Å². The van der Waals surface area contributed by atoms with E-state index in [0.717, 1.165) is 58.7 Å². The maximum Gasteiger partial charge on any atom is 0.490 e. The van der Waals surface area contributed by atoms with Crippen molar-refractivity contribution in [2.75, 3.05) is 32.8 Å². The minimum atomic E-state index is -5.08. The summed E-state index contributed by atoms with van der Waals surface area (Å²) in [6, 6.07) is 2.24. The monoisotopic (exact) mass is 577 g/mol. The minimum Gasteiger partial charge on any atom is -0.475 e. The van der Waals surface area contributed by atoms with E-state index in [2.05, 4.69) is 37.0 Å². The van der Waals surface area contributed by atoms with Crippen molar-refractivity contribution in [2.24, 2.45) is 0 Å². The smallest absolute Gasteiger partial charge is 0.475 e. The number of nitrogens with zero attached hydrogens (tertiary/aromatic N) is 3. The van der Waals surface area contributed by atoms with Crippen molar-refractivity contribution in [1.82, 2.24) is 14.8 Å². The fourth-order valence-corrected chi connectivity index (χ4v) is 4.96. The molecule has 2 aliphatic heterocycles. The Kier molecular flexibility index (Phi) is 11.3. The Morgan fingerprint density at radius 3 is 2.03 bits per heavy atom. The van der Waals surface area contributed by atoms with Gasteiger partial charge < -0.3 is 14.9 Å². The molecule has 2 aromatic heterocycles. The summed E-state index contributed by atoms with van der Waals surface area (Å²) in [5, 5.41) is 22.0. The standard InChI is InChI=1S/C17H23N3OS2.2C2HF3O2/c1-9-22-13-15(1)11-19-5-2-17(3-6-19)14-20(7-8-21-17)12-16-18-4-10-23-16;2*3-2(4,5)1(6)7/h1,4,9-10,13H,2-3,5-8,11-12,14H2;2*(H,6,7). The molecule has 2 N–H and O–H groups in total. The topological polar surface area (TPSA) is 103 Å². The number of aromatic nitrogens is 1. The second kappa shape index (κ2) is 13.5. The number of piperidine rings is 1. The molecule has 2 aromatic rings. The minimum absolute atomic E-state index is 0.0701. The average molecular weight is 578 g/mol. The molecule has 2 aliphatic rings. The average Bonchev–Trinajstić information content (AvgIpc) is 3.50. The lowest BCUT2D eigenvalue weighted by atomic mass is 9.89. The molecular formula is C21H25F6N3O5S2. The van der Waals surface area contributed by atoms with E-state index in [1.54, 1.807) is 22.7 Å². The van der Waals surface area contributed by atoms with E-state index >= 15 is 0 Å². The molecule has 2 fully saturated rings. The third kappa shape index (κ3) is 10.9. The first-order chi connectivity index (χ1) is 17.2. The molecule has 0 radical (unpaired) electrons. The third-order valence-electron chi connectivity index (χ3n) is 5.41. The molecule has 0 saturated carbocycles. The number of thiazole rings is 1. The van der Waals surface area contributed by atoms with Gasteiger partial charge in [0.05, 0.1) is 18.8 Å². The lowest BCUT2D eigenvalue weighted by Gasteiger charge is -2.47. The number of hydrogen-bond donors (Lipinski definition) is 2. The van der Waals surface area contributed by atoms with E-state index in [1.807, 2.05) is 6.20 Å². The molecular weight excluding hydrogens is 552 g/mol. The Morgan fingerprint density at radius 2 is 1.57 bits per heavy atom. The quantitative estimate of drug-likeness (QED) is 0.518. The van der Waals surface area contributed by atoms with Crippen molar-refractivity contribution in [3.05, 3.63) is 39.0 Å². The van der Waals surface area contributed by atoms with Gasteiger partial charge in [-0.3, -0.25) is 9.80 Å². The summed E-state index contributed by atoms with van der Waals surface area (Å²) in [7, 11) is 0. The highest BCUT2D eigenvalue weighted by Crippen LogP contribution is 2.31. The Bertz CT molecular complexity index is 938. The van der Waals surface area contributed by atoms with Crippen LogP contribution in [0.2, 0.25) is 0 Å². The molecule has 0 atom stereocenters. The van der Waals surface area contributed by atoms with E-state index in [0.29, 0.717) is 0 Å². The van der Waals surface area contributed by atoms with Gasteiger partial charge in [0.2, 0.25) is 0 Å². The van der Waals surface area contributed by atoms with Gasteiger partial charge in [0.1, 0.15) is 5.01 Å². The van der Waals surface area contributed by atoms with Gasteiger partial charge in [-0.15, -0.1) is 11.3 Å². The fraction of sp³-hybridized carbons (Fsp3) is 0.571. The molecule has 37 heavy (non-hydrogen) atoms. The first-order valence-electron chi connectivity index (χ1n) is 10.8. The van der Waals surface area contributed by atoms with Crippen LogP contribution >= 0.6 is 22.7 Å². The largest absolute Gasteiger partial charge is 0.490 e. The summed E-state index contributed by atoms with van der Waals surface area (Å²) in [6.45, 7) is 7.28. The number of carboxylic acids is 2. The van der Waals surface area contributed by atoms with Crippen LogP contribution < -0.4 is 0 Å². The van der Waals surface area contributed by atoms with E-state index in [1.165, 1.54) is 10.6 Å². The van der Waals surface area contributed by atoms with Crippen molar-refractivity contribution in [2.45, 2.75) is 43.9 Å². The number of morpholine rings is 1. The van der Waals surface area contributed by atoms with E-state index < -0.39 is 24.3 Å². The molecule has 1 spiro atoms. The highest BCUT2D eigenvalue weighted by atomic mass is 32.1. The van der Waals surface area contributed by atoms with E-state index in [-0.39, 0.29) is 5.60 Å². The Balaban J connectivity index is 0.000000286. The third-order valence-corrected chi connectivity index (χ3v) is 6.90. The van der Waals surface area contributed by atoms with Gasteiger partial charge >= 0.3 is 24.3 Å². The summed E-state index contributed by atoms with van der Waals surface area (Å²) >= 11 is 3.54. The Hall–Kier alpha value is -2.27. The maximum absolute atomic E-state index is 10.6. The number of carboxylic acid groups (broad SMARTS) is 2. The van der Waals surface area contributed by atoms with Crippen LogP contribution in [0.4, 0.5) is 26.3 Å². The highest BCUT2D eigenvalue weighted by Gasteiger charge is 2.40. The van der Waals surface area contributed by atoms with Crippen LogP contribution in [-0.2, 0) is 27.4 Å². The van der Waals surface area contributed by atoms with Crippen molar-refractivity contribution >= 4 is 34.6 Å². The zero-order chi connectivity index (χ0) is 27.7. The molecule has 0 bridgehead atoms. The normalized spacial score (nSPS) is 18.3. The summed E-state index contributed by atoms with van der Waals surface area (Å²) in [5.41, 5.74) is 1.52. The second-order valence-electron chi connectivity index (χ2n) is 8.18. The van der Waals surface area contributed by atoms with Gasteiger partial charge in [-0.2, -0.15) is 37.7 Å². The number of ether oxygens (including phenoxy) is 1. The second-order valence-corrected chi connectivity index (χ2v) is 9.94. The van der Waals surface area contributed by atoms with Crippen molar-refractivity contribution in [3.63, 3.8) is 0 Å². The highest BCUT2D eigenvalue weighted by molar-refractivity contribution is 7.09. The molecule has 0 aliphatic carbocycles. The number of thiophene rings is 1. The zero-order valence-electron chi connectivity index (χ0n) is 19.3. The number of rotatable bonds is 4. The fourth-order valence-electron chi connectivity index (χ4n) is 3.64. The summed E-state index contributed by atoms with van der Waals surface area (Å²) in [5.74, 6) is -5.51. The predicted octanol–water partition coefficient (Wildman–Crippen LogP) is 4.34. The van der Waals surface area contributed by atoms with Crippen LogP contribution in [0.15, 0.2) is 28.4 Å². The Labute approximate surface area is 216 Å². The van der Waals surface area contributed by atoms with E-state index in [9.17, 15) is 26.3 Å². The van der Waals surface area contributed by atoms with Crippen LogP contribution in [0.25, 0.3) is 0 Å². The zero-order valence-corrected chi connectivity index (χ0v) is 20.9. The molecule has 4 heterocycles. The van der Waals surface area contributed by atoms with Gasteiger partial charge in [0, 0.05) is 44.3 Å². The molecule has 8 nitrogen and oxygen atoms in total. The number of halogens is 6. The SMILES string of the molecule is O=C(O)C(F)(F)F.O=C(O)C(F)(F)F.c1csc(CN2CCOC3(CCN(Cc4ccsc4)CC3)C2)n1. The van der Waals surface area contributed by atoms with Crippen molar-refractivity contribution in [3.8, 4) is 0 Å². The number of likely N-dealkylation sites (tertiary alicyclic amines) is 1. The molecule has 4 rings (SSSR count). The number of carbonyl (C=O) groups is 2. The predicted molar refractivity (Wildman–Crippen MR) is 122 cm³/mol.